The molecule has 1 aromatic rings. The van der Waals surface area contributed by atoms with Crippen LogP contribution in [0.3, 0.4) is 0 Å². The van der Waals surface area contributed by atoms with Crippen LogP contribution in [0, 0.1) is 5.92 Å². The molecule has 0 radical (unpaired) electrons. The average Bonchev–Trinajstić information content (AvgIpc) is 2.86. The van der Waals surface area contributed by atoms with Gasteiger partial charge in [0.05, 0.1) is 36.4 Å². The minimum absolute atomic E-state index is 0.0637. The van der Waals surface area contributed by atoms with Crippen molar-refractivity contribution in [3.05, 3.63) is 27.2 Å². The van der Waals surface area contributed by atoms with Crippen LogP contribution in [0.1, 0.15) is 16.8 Å². The third-order valence-corrected chi connectivity index (χ3v) is 4.26. The lowest BCUT2D eigenvalue weighted by atomic mass is 10.1. The fraction of sp³-hybridized carbons (Fsp3) is 0.357. The van der Waals surface area contributed by atoms with Crippen molar-refractivity contribution in [1.82, 2.24) is 0 Å². The highest BCUT2D eigenvalue weighted by atomic mass is 79.9. The molecule has 6 nitrogen and oxygen atoms in total. The molecule has 22 heavy (non-hydrogen) atoms. The van der Waals surface area contributed by atoms with E-state index in [-0.39, 0.29) is 29.5 Å². The van der Waals surface area contributed by atoms with Crippen LogP contribution in [-0.2, 0) is 19.1 Å². The van der Waals surface area contributed by atoms with Crippen molar-refractivity contribution >= 4 is 51.1 Å². The number of hydrogen-bond donors (Lipinski definition) is 0. The molecule has 1 aliphatic rings. The molecular weight excluding hydrogens is 378 g/mol. The van der Waals surface area contributed by atoms with Crippen molar-refractivity contribution in [2.24, 2.45) is 5.92 Å². The average molecular weight is 391 g/mol. The Hall–Kier alpha value is -1.60. The smallest absolute Gasteiger partial charge is 0.337 e. The predicted octanol–water partition coefficient (Wildman–Crippen LogP) is 2.42. The van der Waals surface area contributed by atoms with Crippen molar-refractivity contribution in [1.29, 1.82) is 0 Å². The van der Waals surface area contributed by atoms with Crippen molar-refractivity contribution in [3.63, 3.8) is 0 Å². The molecule has 1 atom stereocenters. The summed E-state index contributed by atoms with van der Waals surface area (Å²) in [6.07, 6.45) is 0.0637. The zero-order valence-electron chi connectivity index (χ0n) is 11.9. The summed E-state index contributed by atoms with van der Waals surface area (Å²) in [5, 5.41) is 0.216. The fourth-order valence-corrected chi connectivity index (χ4v) is 3.42. The van der Waals surface area contributed by atoms with Crippen LogP contribution in [0.25, 0.3) is 0 Å². The summed E-state index contributed by atoms with van der Waals surface area (Å²) in [5.74, 6) is -1.73. The van der Waals surface area contributed by atoms with E-state index in [4.69, 9.17) is 11.6 Å². The number of hydrogen-bond acceptors (Lipinski definition) is 5. The number of ether oxygens (including phenoxy) is 2. The number of carbonyl (C=O) groups excluding carboxylic acids is 3. The highest BCUT2D eigenvalue weighted by Crippen LogP contribution is 2.38. The van der Waals surface area contributed by atoms with Gasteiger partial charge in [0, 0.05) is 17.4 Å². The van der Waals surface area contributed by atoms with Gasteiger partial charge >= 0.3 is 11.9 Å². The number of amides is 1. The van der Waals surface area contributed by atoms with E-state index in [0.717, 1.165) is 0 Å². The van der Waals surface area contributed by atoms with Crippen LogP contribution in [0.4, 0.5) is 5.69 Å². The topological polar surface area (TPSA) is 72.9 Å². The molecule has 1 saturated heterocycles. The second-order valence-corrected chi connectivity index (χ2v) is 5.97. The zero-order chi connectivity index (χ0) is 16.4. The Morgan fingerprint density at radius 2 is 2.00 bits per heavy atom. The number of benzene rings is 1. The van der Waals surface area contributed by atoms with Gasteiger partial charge in [0.2, 0.25) is 5.91 Å². The summed E-state index contributed by atoms with van der Waals surface area (Å²) >= 11 is 9.50. The molecule has 1 heterocycles. The molecule has 0 N–H and O–H groups in total. The van der Waals surface area contributed by atoms with E-state index in [2.05, 4.69) is 25.4 Å². The largest absolute Gasteiger partial charge is 0.469 e. The minimum atomic E-state index is -0.533. The van der Waals surface area contributed by atoms with Crippen molar-refractivity contribution in [3.8, 4) is 0 Å². The lowest BCUT2D eigenvalue weighted by Gasteiger charge is -2.20. The van der Waals surface area contributed by atoms with Crippen LogP contribution in [-0.4, -0.2) is 38.6 Å². The zero-order valence-corrected chi connectivity index (χ0v) is 14.2. The summed E-state index contributed by atoms with van der Waals surface area (Å²) in [5.41, 5.74) is 0.685. The maximum atomic E-state index is 12.1. The summed E-state index contributed by atoms with van der Waals surface area (Å²) in [6, 6.07) is 2.94. The lowest BCUT2D eigenvalue weighted by molar-refractivity contribution is -0.145. The SMILES string of the molecule is COC(=O)c1cc(Cl)c(N2CC(C(=O)OC)CC2=O)c(Br)c1. The Morgan fingerprint density at radius 1 is 1.32 bits per heavy atom. The Morgan fingerprint density at radius 3 is 2.55 bits per heavy atom. The fourth-order valence-electron chi connectivity index (χ4n) is 2.31. The standard InChI is InChI=1S/C14H13BrClNO5/c1-21-13(19)7-3-9(15)12(10(16)4-7)17-6-8(5-11(17)18)14(20)22-2/h3-4,8H,5-6H2,1-2H3. The summed E-state index contributed by atoms with van der Waals surface area (Å²) < 4.78 is 9.78. The van der Waals surface area contributed by atoms with Crippen molar-refractivity contribution in [2.45, 2.75) is 6.42 Å². The van der Waals surface area contributed by atoms with Crippen LogP contribution in [0.2, 0.25) is 5.02 Å². The quantitative estimate of drug-likeness (QED) is 0.741. The first-order valence-corrected chi connectivity index (χ1v) is 7.51. The third kappa shape index (κ3) is 3.10. The number of nitrogens with zero attached hydrogens (tertiary/aromatic N) is 1. The number of methoxy groups -OCH3 is 2. The van der Waals surface area contributed by atoms with Gasteiger partial charge in [0.1, 0.15) is 0 Å². The first-order valence-electron chi connectivity index (χ1n) is 6.34. The van der Waals surface area contributed by atoms with Gasteiger partial charge in [0.25, 0.3) is 0 Å². The molecule has 0 bridgehead atoms. The second-order valence-electron chi connectivity index (χ2n) is 4.71. The van der Waals surface area contributed by atoms with Gasteiger partial charge < -0.3 is 14.4 Å². The Labute approximate surface area is 140 Å². The monoisotopic (exact) mass is 389 g/mol. The van der Waals surface area contributed by atoms with E-state index in [9.17, 15) is 14.4 Å². The molecule has 8 heteroatoms. The Balaban J connectivity index is 2.35. The summed E-state index contributed by atoms with van der Waals surface area (Å²) in [7, 11) is 2.55. The molecule has 1 aliphatic heterocycles. The number of anilines is 1. The van der Waals surface area contributed by atoms with Crippen LogP contribution in [0.5, 0.6) is 0 Å². The molecule has 0 spiro atoms. The maximum absolute atomic E-state index is 12.1. The molecule has 0 aliphatic carbocycles. The third-order valence-electron chi connectivity index (χ3n) is 3.37. The lowest BCUT2D eigenvalue weighted by Crippen LogP contribution is -2.27. The molecule has 0 aromatic heterocycles. The van der Waals surface area contributed by atoms with E-state index in [0.29, 0.717) is 10.2 Å². The highest BCUT2D eigenvalue weighted by molar-refractivity contribution is 9.10. The van der Waals surface area contributed by atoms with E-state index >= 15 is 0 Å². The van der Waals surface area contributed by atoms with Crippen molar-refractivity contribution in [2.75, 3.05) is 25.7 Å². The van der Waals surface area contributed by atoms with Gasteiger partial charge in [0.15, 0.2) is 0 Å². The second kappa shape index (κ2) is 6.66. The number of halogens is 2. The van der Waals surface area contributed by atoms with Gasteiger partial charge in [-0.1, -0.05) is 11.6 Å². The minimum Gasteiger partial charge on any atom is -0.469 e. The molecule has 0 saturated carbocycles. The molecule has 1 aromatic carbocycles. The Kier molecular flexibility index (Phi) is 5.08. The molecule has 1 unspecified atom stereocenters. The summed E-state index contributed by atoms with van der Waals surface area (Å²) in [4.78, 5) is 36.7. The first kappa shape index (κ1) is 16.8. The molecule has 1 amide bonds. The number of carbonyl (C=O) groups is 3. The van der Waals surface area contributed by atoms with Gasteiger partial charge in [-0.2, -0.15) is 0 Å². The van der Waals surface area contributed by atoms with Gasteiger partial charge in [-0.3, -0.25) is 9.59 Å². The maximum Gasteiger partial charge on any atom is 0.337 e. The van der Waals surface area contributed by atoms with Crippen LogP contribution >= 0.6 is 27.5 Å². The summed E-state index contributed by atoms with van der Waals surface area (Å²) in [6.45, 7) is 0.182. The normalized spacial score (nSPS) is 17.5. The predicted molar refractivity (Wildman–Crippen MR) is 83.0 cm³/mol. The van der Waals surface area contributed by atoms with E-state index in [1.807, 2.05) is 0 Å². The van der Waals surface area contributed by atoms with E-state index in [1.54, 1.807) is 0 Å². The van der Waals surface area contributed by atoms with Crippen LogP contribution < -0.4 is 4.90 Å². The molecule has 1 fully saturated rings. The van der Waals surface area contributed by atoms with Crippen LogP contribution in [0.15, 0.2) is 16.6 Å². The number of esters is 2. The molecule has 118 valence electrons. The van der Waals surface area contributed by atoms with Gasteiger partial charge in [-0.05, 0) is 28.1 Å². The Bertz CT molecular complexity index is 625. The highest BCUT2D eigenvalue weighted by Gasteiger charge is 2.37. The number of rotatable bonds is 3. The van der Waals surface area contributed by atoms with E-state index in [1.165, 1.54) is 31.3 Å². The van der Waals surface area contributed by atoms with E-state index < -0.39 is 17.9 Å². The first-order chi connectivity index (χ1) is 10.4. The van der Waals surface area contributed by atoms with Gasteiger partial charge in [-0.25, -0.2) is 4.79 Å². The molecular formula is C14H13BrClNO5. The molecule has 2 rings (SSSR count). The van der Waals surface area contributed by atoms with Crippen molar-refractivity contribution < 1.29 is 23.9 Å². The van der Waals surface area contributed by atoms with Gasteiger partial charge in [-0.15, -0.1) is 0 Å².